The first kappa shape index (κ1) is 15.2. The average molecular weight is 331 g/mol. The minimum absolute atomic E-state index is 0.0826. The van der Waals surface area contributed by atoms with E-state index in [0.29, 0.717) is 11.4 Å². The lowest BCUT2D eigenvalue weighted by molar-refractivity contribution is -0.117. The number of hydrogen-bond acceptors (Lipinski definition) is 3. The summed E-state index contributed by atoms with van der Waals surface area (Å²) in [7, 11) is 0. The molecule has 0 unspecified atom stereocenters. The van der Waals surface area contributed by atoms with Crippen molar-refractivity contribution in [2.45, 2.75) is 12.5 Å². The molecule has 2 aromatic carbocycles. The van der Waals surface area contributed by atoms with Crippen LogP contribution in [-0.4, -0.2) is 21.8 Å². The smallest absolute Gasteiger partial charge is 0.228 e. The van der Waals surface area contributed by atoms with Gasteiger partial charge in [-0.15, -0.1) is 0 Å². The van der Waals surface area contributed by atoms with Gasteiger partial charge in [-0.3, -0.25) is 4.79 Å². The predicted molar refractivity (Wildman–Crippen MR) is 96.9 cm³/mol. The molecule has 5 nitrogen and oxygen atoms in total. The normalized spacial score (nSPS) is 16.3. The van der Waals surface area contributed by atoms with Crippen LogP contribution in [0.2, 0.25) is 0 Å². The molecule has 5 heteroatoms. The second kappa shape index (κ2) is 6.28. The highest BCUT2D eigenvalue weighted by Gasteiger charge is 2.23. The molecule has 1 amide bonds. The number of nitrogens with one attached hydrogen (secondary N) is 1. The van der Waals surface area contributed by atoms with E-state index >= 15 is 0 Å². The SMILES string of the molecule is C=C[C@@H]1CC(=O)Nc2cccc(-c3cnn(-c4ccccc4)c3)c2O1. The van der Waals surface area contributed by atoms with Crippen molar-refractivity contribution in [3.63, 3.8) is 0 Å². The number of ether oxygens (including phenoxy) is 1. The van der Waals surface area contributed by atoms with Crippen molar-refractivity contribution in [2.75, 3.05) is 5.32 Å². The van der Waals surface area contributed by atoms with E-state index in [1.807, 2.05) is 59.4 Å². The van der Waals surface area contributed by atoms with Crippen LogP contribution in [-0.2, 0) is 4.79 Å². The zero-order chi connectivity index (χ0) is 17.2. The molecule has 0 fully saturated rings. The molecule has 1 atom stereocenters. The number of fused-ring (bicyclic) bond motifs is 1. The van der Waals surface area contributed by atoms with E-state index in [1.54, 1.807) is 12.3 Å². The molecule has 0 aliphatic carbocycles. The van der Waals surface area contributed by atoms with Crippen molar-refractivity contribution < 1.29 is 9.53 Å². The number of anilines is 1. The zero-order valence-corrected chi connectivity index (χ0v) is 13.6. The Morgan fingerprint density at radius 1 is 1.20 bits per heavy atom. The second-order valence-corrected chi connectivity index (χ2v) is 5.84. The van der Waals surface area contributed by atoms with Crippen molar-refractivity contribution in [1.82, 2.24) is 9.78 Å². The Bertz CT molecular complexity index is 931. The fourth-order valence-corrected chi connectivity index (χ4v) is 2.88. The number of aromatic nitrogens is 2. The number of hydrogen-bond donors (Lipinski definition) is 1. The highest BCUT2D eigenvalue weighted by atomic mass is 16.5. The number of carbonyl (C=O) groups is 1. The molecule has 1 aliphatic heterocycles. The summed E-state index contributed by atoms with van der Waals surface area (Å²) in [5.74, 6) is 0.562. The number of rotatable bonds is 3. The highest BCUT2D eigenvalue weighted by molar-refractivity contribution is 5.95. The number of benzene rings is 2. The van der Waals surface area contributed by atoms with Crippen LogP contribution in [0.15, 0.2) is 73.6 Å². The summed E-state index contributed by atoms with van der Waals surface area (Å²) in [6.45, 7) is 3.76. The molecule has 0 saturated carbocycles. The first-order chi connectivity index (χ1) is 12.2. The van der Waals surface area contributed by atoms with Crippen molar-refractivity contribution in [3.8, 4) is 22.6 Å². The van der Waals surface area contributed by atoms with Gasteiger partial charge in [0.15, 0.2) is 5.75 Å². The van der Waals surface area contributed by atoms with Gasteiger partial charge >= 0.3 is 0 Å². The largest absolute Gasteiger partial charge is 0.483 e. The number of amides is 1. The summed E-state index contributed by atoms with van der Waals surface area (Å²) in [4.78, 5) is 12.0. The standard InChI is InChI=1S/C20H17N3O2/c1-2-16-11-19(24)22-18-10-6-9-17(20(18)25-16)14-12-21-23(13-14)15-7-4-3-5-8-15/h2-10,12-13,16H,1,11H2,(H,22,24)/t16-/m1/s1. The van der Waals surface area contributed by atoms with Crippen LogP contribution in [0.4, 0.5) is 5.69 Å². The van der Waals surface area contributed by atoms with Gasteiger partial charge in [0, 0.05) is 17.3 Å². The lowest BCUT2D eigenvalue weighted by atomic mass is 10.1. The molecule has 3 aromatic rings. The Hall–Kier alpha value is -3.34. The van der Waals surface area contributed by atoms with Crippen molar-refractivity contribution >= 4 is 11.6 Å². The lowest BCUT2D eigenvalue weighted by Gasteiger charge is -2.15. The van der Waals surface area contributed by atoms with Crippen LogP contribution in [0.3, 0.4) is 0 Å². The maximum absolute atomic E-state index is 12.0. The Kier molecular flexibility index (Phi) is 3.82. The molecule has 0 spiro atoms. The molecule has 124 valence electrons. The van der Waals surface area contributed by atoms with Gasteiger partial charge in [0.25, 0.3) is 0 Å². The molecule has 2 heterocycles. The van der Waals surface area contributed by atoms with Crippen LogP contribution in [0.25, 0.3) is 16.8 Å². The summed E-state index contributed by atoms with van der Waals surface area (Å²) in [5, 5.41) is 7.34. The molecule has 1 aromatic heterocycles. The summed E-state index contributed by atoms with van der Waals surface area (Å²) >= 11 is 0. The fraction of sp³-hybridized carbons (Fsp3) is 0.100. The summed E-state index contributed by atoms with van der Waals surface area (Å²) in [6.07, 6.45) is 5.29. The van der Waals surface area contributed by atoms with E-state index < -0.39 is 0 Å². The third-order valence-corrected chi connectivity index (χ3v) is 4.12. The predicted octanol–water partition coefficient (Wildman–Crippen LogP) is 3.81. The van der Waals surface area contributed by atoms with Crippen molar-refractivity contribution in [1.29, 1.82) is 0 Å². The Labute approximate surface area is 145 Å². The molecular formula is C20H17N3O2. The minimum Gasteiger partial charge on any atom is -0.483 e. The summed E-state index contributed by atoms with van der Waals surface area (Å²) in [5.41, 5.74) is 3.45. The van der Waals surface area contributed by atoms with E-state index in [1.165, 1.54) is 0 Å². The maximum Gasteiger partial charge on any atom is 0.228 e. The van der Waals surface area contributed by atoms with E-state index in [-0.39, 0.29) is 18.4 Å². The summed E-state index contributed by atoms with van der Waals surface area (Å²) < 4.78 is 7.85. The number of para-hydroxylation sites is 2. The van der Waals surface area contributed by atoms with Gasteiger partial charge in [-0.1, -0.05) is 43.0 Å². The Morgan fingerprint density at radius 2 is 2.04 bits per heavy atom. The van der Waals surface area contributed by atoms with Gasteiger partial charge in [0.05, 0.1) is 24.0 Å². The quantitative estimate of drug-likeness (QED) is 0.742. The third-order valence-electron chi connectivity index (χ3n) is 4.12. The monoisotopic (exact) mass is 331 g/mol. The molecule has 1 N–H and O–H groups in total. The van der Waals surface area contributed by atoms with E-state index in [4.69, 9.17) is 4.74 Å². The van der Waals surface area contributed by atoms with Gasteiger partial charge in [-0.25, -0.2) is 4.68 Å². The van der Waals surface area contributed by atoms with Gasteiger partial charge in [0.2, 0.25) is 5.91 Å². The fourth-order valence-electron chi connectivity index (χ4n) is 2.88. The van der Waals surface area contributed by atoms with E-state index in [2.05, 4.69) is 17.0 Å². The van der Waals surface area contributed by atoms with Crippen LogP contribution >= 0.6 is 0 Å². The first-order valence-electron chi connectivity index (χ1n) is 8.07. The topological polar surface area (TPSA) is 56.2 Å². The molecule has 0 radical (unpaired) electrons. The molecule has 1 aliphatic rings. The number of carbonyl (C=O) groups excluding carboxylic acids is 1. The van der Waals surface area contributed by atoms with Gasteiger partial charge in [0.1, 0.15) is 6.10 Å². The molecule has 4 rings (SSSR count). The van der Waals surface area contributed by atoms with Gasteiger partial charge < -0.3 is 10.1 Å². The number of nitrogens with zero attached hydrogens (tertiary/aromatic N) is 2. The summed E-state index contributed by atoms with van der Waals surface area (Å²) in [6, 6.07) is 15.6. The molecule has 0 bridgehead atoms. The average Bonchev–Trinajstić information content (AvgIpc) is 3.06. The lowest BCUT2D eigenvalue weighted by Crippen LogP contribution is -2.18. The molecule has 25 heavy (non-hydrogen) atoms. The van der Waals surface area contributed by atoms with Gasteiger partial charge in [-0.05, 0) is 18.2 Å². The van der Waals surface area contributed by atoms with Crippen LogP contribution < -0.4 is 10.1 Å². The van der Waals surface area contributed by atoms with E-state index in [0.717, 1.165) is 16.8 Å². The highest BCUT2D eigenvalue weighted by Crippen LogP contribution is 2.39. The van der Waals surface area contributed by atoms with Crippen LogP contribution in [0.5, 0.6) is 5.75 Å². The van der Waals surface area contributed by atoms with Crippen LogP contribution in [0.1, 0.15) is 6.42 Å². The third kappa shape index (κ3) is 2.92. The Balaban J connectivity index is 1.77. The van der Waals surface area contributed by atoms with Crippen molar-refractivity contribution in [2.24, 2.45) is 0 Å². The van der Waals surface area contributed by atoms with Crippen LogP contribution in [0, 0.1) is 0 Å². The maximum atomic E-state index is 12.0. The Morgan fingerprint density at radius 3 is 2.84 bits per heavy atom. The van der Waals surface area contributed by atoms with Crippen molar-refractivity contribution in [3.05, 3.63) is 73.6 Å². The molecular weight excluding hydrogens is 314 g/mol. The molecule has 0 saturated heterocycles. The zero-order valence-electron chi connectivity index (χ0n) is 13.6. The van der Waals surface area contributed by atoms with E-state index in [9.17, 15) is 4.79 Å². The second-order valence-electron chi connectivity index (χ2n) is 5.84. The minimum atomic E-state index is -0.355. The first-order valence-corrected chi connectivity index (χ1v) is 8.07. The van der Waals surface area contributed by atoms with Gasteiger partial charge in [-0.2, -0.15) is 5.10 Å².